The summed E-state index contributed by atoms with van der Waals surface area (Å²) < 4.78 is 34.5. The van der Waals surface area contributed by atoms with Crippen LogP contribution in [-0.2, 0) is 20.3 Å². The Morgan fingerprint density at radius 1 is 1.43 bits per heavy atom. The Kier molecular flexibility index (Phi) is 5.51. The average molecular weight is 331 g/mol. The molecule has 6 nitrogen and oxygen atoms in total. The standard InChI is InChI=1S/C13H17NO5S2/c1-10-11(9-21(16,17)8-6-18-5-4-15)14-13(19-10)12-3-2-7-20-12/h2-3,7,15H,4-6,8-9H2,1H3. The smallest absolute Gasteiger partial charge is 0.236 e. The van der Waals surface area contributed by atoms with Gasteiger partial charge in [-0.3, -0.25) is 0 Å². The Hall–Kier alpha value is -1.22. The minimum Gasteiger partial charge on any atom is -0.440 e. The number of aliphatic hydroxyl groups is 1. The summed E-state index contributed by atoms with van der Waals surface area (Å²) in [6, 6.07) is 3.76. The molecule has 116 valence electrons. The normalized spacial score (nSPS) is 11.9. The summed E-state index contributed by atoms with van der Waals surface area (Å²) in [5.74, 6) is 0.687. The number of thiophene rings is 1. The minimum atomic E-state index is -3.32. The van der Waals surface area contributed by atoms with Crippen molar-refractivity contribution in [3.8, 4) is 10.8 Å². The zero-order chi connectivity index (χ0) is 15.3. The maximum Gasteiger partial charge on any atom is 0.236 e. The number of aliphatic hydroxyl groups excluding tert-OH is 1. The number of aryl methyl sites for hydroxylation is 1. The van der Waals surface area contributed by atoms with Crippen molar-refractivity contribution in [2.45, 2.75) is 12.7 Å². The molecule has 0 saturated carbocycles. The predicted octanol–water partition coefficient (Wildman–Crippen LogP) is 1.64. The van der Waals surface area contributed by atoms with E-state index in [1.807, 2.05) is 17.5 Å². The molecule has 0 fully saturated rings. The van der Waals surface area contributed by atoms with Gasteiger partial charge in [0.25, 0.3) is 0 Å². The summed E-state index contributed by atoms with van der Waals surface area (Å²) in [6.45, 7) is 1.79. The van der Waals surface area contributed by atoms with Gasteiger partial charge in [-0.25, -0.2) is 13.4 Å². The fraction of sp³-hybridized carbons (Fsp3) is 0.462. The van der Waals surface area contributed by atoms with Crippen LogP contribution < -0.4 is 0 Å². The second-order valence-corrected chi connectivity index (χ2v) is 7.56. The van der Waals surface area contributed by atoms with Crippen molar-refractivity contribution in [2.24, 2.45) is 0 Å². The first-order valence-electron chi connectivity index (χ1n) is 6.41. The van der Waals surface area contributed by atoms with Crippen LogP contribution in [0.2, 0.25) is 0 Å². The average Bonchev–Trinajstić information content (AvgIpc) is 3.05. The van der Waals surface area contributed by atoms with Crippen LogP contribution in [0, 0.1) is 6.92 Å². The number of sulfone groups is 1. The van der Waals surface area contributed by atoms with Gasteiger partial charge in [-0.05, 0) is 18.4 Å². The maximum absolute atomic E-state index is 12.0. The van der Waals surface area contributed by atoms with Gasteiger partial charge in [-0.15, -0.1) is 11.3 Å². The van der Waals surface area contributed by atoms with E-state index in [1.165, 1.54) is 11.3 Å². The molecule has 1 N–H and O–H groups in total. The van der Waals surface area contributed by atoms with Crippen molar-refractivity contribution < 1.29 is 22.7 Å². The predicted molar refractivity (Wildman–Crippen MR) is 79.9 cm³/mol. The van der Waals surface area contributed by atoms with Crippen molar-refractivity contribution in [3.05, 3.63) is 29.0 Å². The van der Waals surface area contributed by atoms with Crippen LogP contribution in [0.5, 0.6) is 0 Å². The first-order valence-corrected chi connectivity index (χ1v) is 9.11. The Labute approximate surface area is 127 Å². The van der Waals surface area contributed by atoms with Crippen molar-refractivity contribution in [1.29, 1.82) is 0 Å². The highest BCUT2D eigenvalue weighted by Crippen LogP contribution is 2.26. The lowest BCUT2D eigenvalue weighted by Gasteiger charge is -2.03. The number of aromatic nitrogens is 1. The second-order valence-electron chi connectivity index (χ2n) is 4.43. The quantitative estimate of drug-likeness (QED) is 0.740. The summed E-state index contributed by atoms with van der Waals surface area (Å²) in [5.41, 5.74) is 0.431. The molecule has 0 aliphatic carbocycles. The van der Waals surface area contributed by atoms with Gasteiger partial charge in [-0.2, -0.15) is 0 Å². The fourth-order valence-electron chi connectivity index (χ4n) is 1.70. The van der Waals surface area contributed by atoms with E-state index in [9.17, 15) is 8.42 Å². The third kappa shape index (κ3) is 4.63. The number of ether oxygens (including phenoxy) is 1. The van der Waals surface area contributed by atoms with Gasteiger partial charge in [0, 0.05) is 0 Å². The van der Waals surface area contributed by atoms with E-state index in [4.69, 9.17) is 14.3 Å². The van der Waals surface area contributed by atoms with Crippen LogP contribution in [0.4, 0.5) is 0 Å². The topological polar surface area (TPSA) is 89.6 Å². The van der Waals surface area contributed by atoms with Crippen molar-refractivity contribution >= 4 is 21.2 Å². The molecule has 2 heterocycles. The van der Waals surface area contributed by atoms with E-state index in [0.717, 1.165) is 4.88 Å². The number of rotatable bonds is 8. The molecule has 0 aliphatic rings. The van der Waals surface area contributed by atoms with Crippen LogP contribution in [0.25, 0.3) is 10.8 Å². The van der Waals surface area contributed by atoms with E-state index in [-0.39, 0.29) is 31.3 Å². The van der Waals surface area contributed by atoms with Crippen molar-refractivity contribution in [3.63, 3.8) is 0 Å². The highest BCUT2D eigenvalue weighted by Gasteiger charge is 2.19. The molecule has 0 atom stereocenters. The van der Waals surface area contributed by atoms with E-state index < -0.39 is 9.84 Å². The molecule has 0 aromatic carbocycles. The molecule has 2 aromatic heterocycles. The number of hydrogen-bond acceptors (Lipinski definition) is 7. The number of hydrogen-bond donors (Lipinski definition) is 1. The molecule has 21 heavy (non-hydrogen) atoms. The van der Waals surface area contributed by atoms with Gasteiger partial charge in [-0.1, -0.05) is 6.07 Å². The number of oxazole rings is 1. The highest BCUT2D eigenvalue weighted by atomic mass is 32.2. The minimum absolute atomic E-state index is 0.0670. The van der Waals surface area contributed by atoms with Gasteiger partial charge in [0.15, 0.2) is 9.84 Å². The van der Waals surface area contributed by atoms with Gasteiger partial charge < -0.3 is 14.3 Å². The molecule has 2 aromatic rings. The summed E-state index contributed by atoms with van der Waals surface area (Å²) in [7, 11) is -3.32. The van der Waals surface area contributed by atoms with Crippen LogP contribution in [0.3, 0.4) is 0 Å². The van der Waals surface area contributed by atoms with Crippen molar-refractivity contribution in [2.75, 3.05) is 25.6 Å². The van der Waals surface area contributed by atoms with E-state index in [1.54, 1.807) is 6.92 Å². The molecule has 0 amide bonds. The largest absolute Gasteiger partial charge is 0.440 e. The summed E-state index contributed by atoms with van der Waals surface area (Å²) in [6.07, 6.45) is 0. The molecule has 0 radical (unpaired) electrons. The van der Waals surface area contributed by atoms with E-state index in [2.05, 4.69) is 4.98 Å². The zero-order valence-electron chi connectivity index (χ0n) is 11.6. The second kappa shape index (κ2) is 7.17. The summed E-state index contributed by atoms with van der Waals surface area (Å²) in [5, 5.41) is 10.5. The lowest BCUT2D eigenvalue weighted by Crippen LogP contribution is -2.16. The van der Waals surface area contributed by atoms with Gasteiger partial charge in [0.2, 0.25) is 5.89 Å². The fourth-order valence-corrected chi connectivity index (χ4v) is 3.55. The molecule has 0 spiro atoms. The molecule has 8 heteroatoms. The van der Waals surface area contributed by atoms with Crippen LogP contribution in [0.15, 0.2) is 21.9 Å². The third-order valence-corrected chi connectivity index (χ3v) is 5.12. The van der Waals surface area contributed by atoms with E-state index >= 15 is 0 Å². The van der Waals surface area contributed by atoms with Gasteiger partial charge >= 0.3 is 0 Å². The van der Waals surface area contributed by atoms with Crippen LogP contribution >= 0.6 is 11.3 Å². The molecule has 0 aliphatic heterocycles. The molecule has 0 unspecified atom stereocenters. The Balaban J connectivity index is 2.02. The van der Waals surface area contributed by atoms with E-state index in [0.29, 0.717) is 17.3 Å². The first kappa shape index (κ1) is 16.2. The Morgan fingerprint density at radius 3 is 2.90 bits per heavy atom. The lowest BCUT2D eigenvalue weighted by molar-refractivity contribution is 0.103. The highest BCUT2D eigenvalue weighted by molar-refractivity contribution is 7.90. The van der Waals surface area contributed by atoms with Crippen molar-refractivity contribution in [1.82, 2.24) is 4.98 Å². The summed E-state index contributed by atoms with van der Waals surface area (Å²) in [4.78, 5) is 5.13. The number of nitrogens with zero attached hydrogens (tertiary/aromatic N) is 1. The SMILES string of the molecule is Cc1oc(-c2cccs2)nc1CS(=O)(=O)CCOCCO. The molecule has 0 saturated heterocycles. The molecular formula is C13H17NO5S2. The molecule has 0 bridgehead atoms. The first-order chi connectivity index (χ1) is 10.0. The monoisotopic (exact) mass is 331 g/mol. The summed E-state index contributed by atoms with van der Waals surface area (Å²) >= 11 is 1.49. The molecule has 2 rings (SSSR count). The van der Waals surface area contributed by atoms with Crippen LogP contribution in [-0.4, -0.2) is 44.1 Å². The van der Waals surface area contributed by atoms with Gasteiger partial charge in [0.05, 0.1) is 41.9 Å². The maximum atomic E-state index is 12.0. The Morgan fingerprint density at radius 2 is 2.24 bits per heavy atom. The lowest BCUT2D eigenvalue weighted by atomic mass is 10.4. The molecular weight excluding hydrogens is 314 g/mol. The van der Waals surface area contributed by atoms with Gasteiger partial charge in [0.1, 0.15) is 5.76 Å². The van der Waals surface area contributed by atoms with Crippen LogP contribution in [0.1, 0.15) is 11.5 Å². The third-order valence-electron chi connectivity index (χ3n) is 2.76. The zero-order valence-corrected chi connectivity index (χ0v) is 13.2. The Bertz CT molecular complexity index is 661.